The molecule has 0 radical (unpaired) electrons. The van der Waals surface area contributed by atoms with Crippen LogP contribution in [0.3, 0.4) is 0 Å². The van der Waals surface area contributed by atoms with E-state index in [1.54, 1.807) is 0 Å². The minimum absolute atomic E-state index is 0.0112. The number of aromatic nitrogens is 4. The van der Waals surface area contributed by atoms with Crippen molar-refractivity contribution in [2.45, 2.75) is 57.8 Å². The fourth-order valence-electron chi connectivity index (χ4n) is 5.13. The Bertz CT molecular complexity index is 1450. The number of nitrogens with zero attached hydrogens (tertiary/aromatic N) is 4. The molecule has 2 amide bonds. The molecule has 42 heavy (non-hydrogen) atoms. The van der Waals surface area contributed by atoms with Gasteiger partial charge in [0, 0.05) is 24.7 Å². The third-order valence-electron chi connectivity index (χ3n) is 7.41. The summed E-state index contributed by atoms with van der Waals surface area (Å²) < 4.78 is 0. The van der Waals surface area contributed by atoms with Crippen molar-refractivity contribution >= 4 is 56.5 Å². The molecule has 11 heteroatoms. The van der Waals surface area contributed by atoms with E-state index in [4.69, 9.17) is 0 Å². The number of allylic oxidation sites excluding steroid dienone is 5. The van der Waals surface area contributed by atoms with Crippen molar-refractivity contribution in [3.63, 3.8) is 0 Å². The second-order valence-corrected chi connectivity index (χ2v) is 13.9. The van der Waals surface area contributed by atoms with Crippen LogP contribution < -0.4 is 10.6 Å². The fraction of sp³-hybridized carbons (Fsp3) is 0.419. The Hall–Kier alpha value is -3.15. The fourth-order valence-corrected chi connectivity index (χ4v) is 7.75. The summed E-state index contributed by atoms with van der Waals surface area (Å²) >= 11 is 4.71. The van der Waals surface area contributed by atoms with Crippen LogP contribution in [0.25, 0.3) is 0 Å². The second-order valence-electron chi connectivity index (χ2n) is 10.6. The van der Waals surface area contributed by atoms with Crippen molar-refractivity contribution in [2.75, 3.05) is 22.1 Å². The van der Waals surface area contributed by atoms with Crippen LogP contribution in [0.5, 0.6) is 0 Å². The number of carbonyl (C=O) groups excluding carboxylic acids is 2. The highest BCUT2D eigenvalue weighted by Gasteiger charge is 2.25. The molecule has 5 rings (SSSR count). The molecule has 1 aromatic carbocycles. The Morgan fingerprint density at radius 2 is 1.50 bits per heavy atom. The second kappa shape index (κ2) is 15.4. The molecule has 2 N–H and O–H groups in total. The normalized spacial score (nSPS) is 20.3. The van der Waals surface area contributed by atoms with Crippen LogP contribution in [-0.2, 0) is 35.3 Å². The van der Waals surface area contributed by atoms with Gasteiger partial charge in [-0.15, -0.1) is 20.4 Å². The Kier molecular flexibility index (Phi) is 11.1. The minimum Gasteiger partial charge on any atom is -0.300 e. The molecule has 2 atom stereocenters. The van der Waals surface area contributed by atoms with Gasteiger partial charge in [-0.1, -0.05) is 83.4 Å². The van der Waals surface area contributed by atoms with E-state index in [-0.39, 0.29) is 23.7 Å². The molecule has 2 aliphatic rings. The standard InChI is InChI=1S/C31H36N6O2S3/c1-21-9-5-3-2-4-6-12-24(19-21)28(38)32-30-36-34-26(41-30)15-17-40-18-16-27-35-37-31(42-27)33-29(39)25-14-13-22-10-7-8-11-23(22)20-25/h2-3,5,7-11,24-25H,1,4,6,12-20H2,(H,32,36,38)(H,33,37,39)/b3-2-,9-5-. The highest BCUT2D eigenvalue weighted by atomic mass is 32.2. The summed E-state index contributed by atoms with van der Waals surface area (Å²) in [5.74, 6) is 1.68. The van der Waals surface area contributed by atoms with Crippen molar-refractivity contribution in [1.82, 2.24) is 20.4 Å². The quantitative estimate of drug-likeness (QED) is 0.251. The Balaban J connectivity index is 0.994. The molecule has 0 bridgehead atoms. The van der Waals surface area contributed by atoms with E-state index in [0.29, 0.717) is 16.7 Å². The predicted octanol–water partition coefficient (Wildman–Crippen LogP) is 6.45. The monoisotopic (exact) mass is 620 g/mol. The number of rotatable bonds is 10. The van der Waals surface area contributed by atoms with E-state index in [9.17, 15) is 9.59 Å². The number of hydrogen-bond donors (Lipinski definition) is 2. The predicted molar refractivity (Wildman–Crippen MR) is 173 cm³/mol. The zero-order valence-electron chi connectivity index (χ0n) is 23.6. The van der Waals surface area contributed by atoms with Gasteiger partial charge in [-0.05, 0) is 67.6 Å². The topological polar surface area (TPSA) is 110 Å². The lowest BCUT2D eigenvalue weighted by Gasteiger charge is -2.23. The van der Waals surface area contributed by atoms with Crippen molar-refractivity contribution in [3.8, 4) is 0 Å². The summed E-state index contributed by atoms with van der Waals surface area (Å²) in [6.07, 6.45) is 15.7. The van der Waals surface area contributed by atoms with Gasteiger partial charge in [-0.3, -0.25) is 9.59 Å². The maximum atomic E-state index is 12.9. The highest BCUT2D eigenvalue weighted by molar-refractivity contribution is 7.99. The van der Waals surface area contributed by atoms with E-state index in [1.165, 1.54) is 33.8 Å². The van der Waals surface area contributed by atoms with Crippen molar-refractivity contribution in [2.24, 2.45) is 11.8 Å². The molecule has 2 heterocycles. The van der Waals surface area contributed by atoms with Gasteiger partial charge >= 0.3 is 0 Å². The van der Waals surface area contributed by atoms with E-state index in [0.717, 1.165) is 78.5 Å². The first kappa shape index (κ1) is 30.3. The van der Waals surface area contributed by atoms with Gasteiger partial charge in [0.25, 0.3) is 0 Å². The molecule has 0 aliphatic heterocycles. The lowest BCUT2D eigenvalue weighted by molar-refractivity contribution is -0.120. The van der Waals surface area contributed by atoms with Crippen LogP contribution in [0, 0.1) is 11.8 Å². The highest BCUT2D eigenvalue weighted by Crippen LogP contribution is 2.28. The summed E-state index contributed by atoms with van der Waals surface area (Å²) in [5.41, 5.74) is 3.58. The number of fused-ring (bicyclic) bond motifs is 1. The third-order valence-corrected chi connectivity index (χ3v) is 10.2. The van der Waals surface area contributed by atoms with Gasteiger partial charge < -0.3 is 10.6 Å². The van der Waals surface area contributed by atoms with Crippen LogP contribution in [-0.4, -0.2) is 43.7 Å². The molecule has 2 unspecified atom stereocenters. The van der Waals surface area contributed by atoms with Gasteiger partial charge in [0.15, 0.2) is 0 Å². The van der Waals surface area contributed by atoms with Gasteiger partial charge in [0.2, 0.25) is 22.1 Å². The van der Waals surface area contributed by atoms with Gasteiger partial charge in [0.05, 0.1) is 0 Å². The SMILES string of the molecule is C=C1/C=C\C=C/CCCC(C(=O)Nc2nnc(CCSCCc3nnc(NC(=O)C4CCc5ccccc5C4)s3)s2)C1. The van der Waals surface area contributed by atoms with Crippen LogP contribution >= 0.6 is 34.4 Å². The van der Waals surface area contributed by atoms with Crippen LogP contribution in [0.15, 0.2) is 60.7 Å². The molecule has 2 aliphatic carbocycles. The number of aryl methyl sites for hydroxylation is 3. The number of carbonyl (C=O) groups is 2. The lowest BCUT2D eigenvalue weighted by atomic mass is 9.83. The Labute approximate surface area is 259 Å². The number of hydrogen-bond acceptors (Lipinski definition) is 9. The lowest BCUT2D eigenvalue weighted by Crippen LogP contribution is -2.28. The molecule has 3 aromatic rings. The first-order valence-electron chi connectivity index (χ1n) is 14.5. The zero-order valence-corrected chi connectivity index (χ0v) is 26.0. The van der Waals surface area contributed by atoms with E-state index >= 15 is 0 Å². The smallest absolute Gasteiger partial charge is 0.229 e. The van der Waals surface area contributed by atoms with Crippen LogP contribution in [0.4, 0.5) is 10.3 Å². The Morgan fingerprint density at radius 1 is 0.857 bits per heavy atom. The molecule has 8 nitrogen and oxygen atoms in total. The summed E-state index contributed by atoms with van der Waals surface area (Å²) in [4.78, 5) is 25.7. The summed E-state index contributed by atoms with van der Waals surface area (Å²) in [6, 6.07) is 8.37. The number of thioether (sulfide) groups is 1. The van der Waals surface area contributed by atoms with Crippen LogP contribution in [0.2, 0.25) is 0 Å². The maximum absolute atomic E-state index is 12.9. The van der Waals surface area contributed by atoms with E-state index < -0.39 is 0 Å². The minimum atomic E-state index is -0.115. The number of amides is 2. The maximum Gasteiger partial charge on any atom is 0.229 e. The summed E-state index contributed by atoms with van der Waals surface area (Å²) in [6.45, 7) is 4.08. The number of benzene rings is 1. The summed E-state index contributed by atoms with van der Waals surface area (Å²) in [7, 11) is 0. The average molecular weight is 621 g/mol. The molecule has 0 saturated carbocycles. The van der Waals surface area contributed by atoms with Gasteiger partial charge in [-0.2, -0.15) is 11.8 Å². The first-order valence-corrected chi connectivity index (χ1v) is 17.2. The number of anilines is 2. The first-order chi connectivity index (χ1) is 20.5. The zero-order chi connectivity index (χ0) is 29.1. The van der Waals surface area contributed by atoms with E-state index in [2.05, 4.69) is 61.9 Å². The van der Waals surface area contributed by atoms with E-state index in [1.807, 2.05) is 36.1 Å². The third kappa shape index (κ3) is 8.92. The molecular formula is C31H36N6O2S3. The molecule has 0 saturated heterocycles. The molecule has 0 spiro atoms. The number of nitrogens with one attached hydrogen (secondary N) is 2. The van der Waals surface area contributed by atoms with Crippen LogP contribution in [0.1, 0.15) is 53.2 Å². The molecular weight excluding hydrogens is 585 g/mol. The van der Waals surface area contributed by atoms with Crippen molar-refractivity contribution in [3.05, 3.63) is 81.9 Å². The molecule has 0 fully saturated rings. The van der Waals surface area contributed by atoms with Gasteiger partial charge in [0.1, 0.15) is 10.0 Å². The largest absolute Gasteiger partial charge is 0.300 e. The van der Waals surface area contributed by atoms with Gasteiger partial charge in [-0.25, -0.2) is 0 Å². The summed E-state index contributed by atoms with van der Waals surface area (Å²) in [5, 5.41) is 25.8. The van der Waals surface area contributed by atoms with Crippen molar-refractivity contribution in [1.29, 1.82) is 0 Å². The molecule has 2 aromatic heterocycles. The Morgan fingerprint density at radius 3 is 2.19 bits per heavy atom. The molecule has 220 valence electrons. The average Bonchev–Trinajstić information content (AvgIpc) is 3.64. The van der Waals surface area contributed by atoms with Crippen molar-refractivity contribution < 1.29 is 9.59 Å².